The predicted molar refractivity (Wildman–Crippen MR) is 120 cm³/mol. The molecular weight excluding hydrogens is 409 g/mol. The fraction of sp³-hybridized carbons (Fsp3) is 0.476. The molecule has 4 N–H and O–H groups in total. The lowest BCUT2D eigenvalue weighted by atomic mass is 9.81. The maximum Gasteiger partial charge on any atom is 0.418 e. The Balaban J connectivity index is 0.00000289. The van der Waals surface area contributed by atoms with Crippen LogP contribution in [0.25, 0.3) is 22.4 Å². The van der Waals surface area contributed by atoms with Crippen molar-refractivity contribution >= 4 is 16.9 Å². The van der Waals surface area contributed by atoms with E-state index < -0.39 is 23.4 Å². The number of H-pyrrole nitrogens is 1. The van der Waals surface area contributed by atoms with Gasteiger partial charge < -0.3 is 15.7 Å². The summed E-state index contributed by atoms with van der Waals surface area (Å²) in [6.07, 6.45) is -2.07. The van der Waals surface area contributed by atoms with Crippen molar-refractivity contribution in [3.05, 3.63) is 36.0 Å². The normalized spacial score (nSPS) is 22.5. The minimum absolute atomic E-state index is 0. The number of pyridine rings is 2. The molecule has 4 heterocycles. The van der Waals surface area contributed by atoms with Crippen LogP contribution >= 0.6 is 0 Å². The van der Waals surface area contributed by atoms with Gasteiger partial charge >= 0.3 is 6.18 Å². The molecule has 2 atom stereocenters. The molecule has 1 fully saturated rings. The summed E-state index contributed by atoms with van der Waals surface area (Å²) in [5.41, 5.74) is 4.41. The quantitative estimate of drug-likeness (QED) is 0.555. The van der Waals surface area contributed by atoms with Gasteiger partial charge in [-0.05, 0) is 43.0 Å². The largest absolute Gasteiger partial charge is 0.418 e. The number of anilines is 1. The fourth-order valence-electron chi connectivity index (χ4n) is 4.28. The zero-order valence-electron chi connectivity index (χ0n) is 17.3. The average molecular weight is 443 g/mol. The first-order valence-corrected chi connectivity index (χ1v) is 10.2. The summed E-state index contributed by atoms with van der Waals surface area (Å²) in [7, 11) is 0. The number of halogens is 3. The molecule has 31 heavy (non-hydrogen) atoms. The van der Waals surface area contributed by atoms with E-state index in [1.54, 1.807) is 17.0 Å². The van der Waals surface area contributed by atoms with Crippen LogP contribution in [0.1, 0.15) is 38.0 Å². The van der Waals surface area contributed by atoms with E-state index in [0.717, 1.165) is 6.07 Å². The van der Waals surface area contributed by atoms with Crippen LogP contribution in [0.4, 0.5) is 19.0 Å². The van der Waals surface area contributed by atoms with Crippen molar-refractivity contribution < 1.29 is 24.0 Å². The highest BCUT2D eigenvalue weighted by Crippen LogP contribution is 2.39. The van der Waals surface area contributed by atoms with Crippen molar-refractivity contribution in [1.29, 1.82) is 0 Å². The Morgan fingerprint density at radius 1 is 1.35 bits per heavy atom. The Labute approximate surface area is 183 Å². The van der Waals surface area contributed by atoms with Crippen molar-refractivity contribution in [2.75, 3.05) is 18.0 Å². The molecule has 7 nitrogen and oxygen atoms in total. The highest BCUT2D eigenvalue weighted by molar-refractivity contribution is 5.90. The first kappa shape index (κ1) is 21.5. The molecular formula is C21H33F3N6O. The molecule has 3 aromatic rings. The van der Waals surface area contributed by atoms with E-state index in [9.17, 15) is 18.3 Å². The van der Waals surface area contributed by atoms with E-state index in [4.69, 9.17) is 5.73 Å². The summed E-state index contributed by atoms with van der Waals surface area (Å²) < 4.78 is 41.3. The molecule has 0 aromatic carbocycles. The molecule has 0 radical (unpaired) electrons. The summed E-state index contributed by atoms with van der Waals surface area (Å²) in [4.78, 5) is 10.3. The van der Waals surface area contributed by atoms with Gasteiger partial charge in [0.25, 0.3) is 0 Å². The van der Waals surface area contributed by atoms with Crippen molar-refractivity contribution in [2.24, 2.45) is 11.7 Å². The molecule has 0 bridgehead atoms. The molecule has 4 rings (SSSR count). The van der Waals surface area contributed by atoms with Crippen molar-refractivity contribution in [3.8, 4) is 11.4 Å². The highest BCUT2D eigenvalue weighted by atomic mass is 19.4. The first-order valence-electron chi connectivity index (χ1n) is 10.2. The number of hydrogen-bond donors (Lipinski definition) is 3. The van der Waals surface area contributed by atoms with Crippen LogP contribution in [-0.4, -0.2) is 50.0 Å². The van der Waals surface area contributed by atoms with E-state index in [2.05, 4.69) is 20.2 Å². The van der Waals surface area contributed by atoms with Gasteiger partial charge in [0.2, 0.25) is 0 Å². The van der Waals surface area contributed by atoms with Crippen molar-refractivity contribution in [2.45, 2.75) is 44.5 Å². The van der Waals surface area contributed by atoms with Crippen LogP contribution in [0, 0.1) is 5.92 Å². The van der Waals surface area contributed by atoms with Crippen LogP contribution < -0.4 is 10.6 Å². The molecule has 0 aliphatic carbocycles. The topological polar surface area (TPSA) is 104 Å². The zero-order chi connectivity index (χ0) is 22.4. The highest BCUT2D eigenvalue weighted by Gasteiger charge is 2.41. The molecule has 1 saturated heterocycles. The molecule has 0 amide bonds. The Kier molecular flexibility index (Phi) is 5.38. The van der Waals surface area contributed by atoms with Gasteiger partial charge in [-0.1, -0.05) is 13.8 Å². The number of nitrogens with one attached hydrogen (secondary N) is 1. The number of nitrogens with zero attached hydrogens (tertiary/aromatic N) is 4. The third-order valence-electron chi connectivity index (χ3n) is 5.70. The number of aliphatic hydroxyl groups is 1. The molecule has 0 saturated carbocycles. The lowest BCUT2D eigenvalue weighted by Gasteiger charge is -2.45. The maximum atomic E-state index is 13.8. The number of aromatic amines is 1. The number of alkyl halides is 3. The smallest absolute Gasteiger partial charge is 0.386 e. The number of hydrogen-bond acceptors (Lipinski definition) is 6. The third kappa shape index (κ3) is 4.09. The van der Waals surface area contributed by atoms with Gasteiger partial charge in [0.1, 0.15) is 11.5 Å². The van der Waals surface area contributed by atoms with Gasteiger partial charge in [-0.25, -0.2) is 9.97 Å². The van der Waals surface area contributed by atoms with E-state index in [1.165, 1.54) is 12.3 Å². The maximum absolute atomic E-state index is 13.8. The minimum Gasteiger partial charge on any atom is -0.386 e. The summed E-state index contributed by atoms with van der Waals surface area (Å²) in [5, 5.41) is 18.2. The second-order valence-electron chi connectivity index (χ2n) is 8.55. The number of fused-ring (bicyclic) bond motifs is 1. The Morgan fingerprint density at radius 3 is 2.84 bits per heavy atom. The summed E-state index contributed by atoms with van der Waals surface area (Å²) in [6.45, 7) is 4.69. The first-order chi connectivity index (χ1) is 14.6. The second kappa shape index (κ2) is 7.76. The minimum atomic E-state index is -4.59. The Morgan fingerprint density at radius 2 is 2.13 bits per heavy atom. The van der Waals surface area contributed by atoms with E-state index in [-0.39, 0.29) is 29.6 Å². The van der Waals surface area contributed by atoms with Crippen LogP contribution in [0.3, 0.4) is 0 Å². The van der Waals surface area contributed by atoms with Crippen LogP contribution in [0.5, 0.6) is 0 Å². The summed E-state index contributed by atoms with van der Waals surface area (Å²) in [6, 6.07) is 5.25. The van der Waals surface area contributed by atoms with E-state index >= 15 is 0 Å². The van der Waals surface area contributed by atoms with Gasteiger partial charge in [0.05, 0.1) is 16.9 Å². The molecule has 1 aliphatic rings. The lowest BCUT2D eigenvalue weighted by Crippen LogP contribution is -2.61. The van der Waals surface area contributed by atoms with E-state index in [0.29, 0.717) is 36.2 Å². The molecule has 174 valence electrons. The molecule has 0 unspecified atom stereocenters. The van der Waals surface area contributed by atoms with Crippen molar-refractivity contribution in [1.82, 2.24) is 20.2 Å². The standard InChI is InChI=1S/C21H25F3N6O.4H2/c1-12(2)10-20(31)11-30(9-7-15(20)25)16-6-5-14(21(22,23)24)18(27-16)17-13-4-3-8-26-19(13)29-28-17;;;;/h3-6,8,12,15,31H,7,9-11,25H2,1-2H3,(H,26,28,29);4*1H/t15-,20+;;;;/m1..../s1. The molecule has 10 heteroatoms. The average Bonchev–Trinajstić information content (AvgIpc) is 3.12. The number of β-amino-alcohol motifs (C(OH)–C–C–N with tert-alkyl or cyclic N) is 1. The van der Waals surface area contributed by atoms with Gasteiger partial charge in [-0.2, -0.15) is 18.3 Å². The second-order valence-corrected chi connectivity index (χ2v) is 8.55. The van der Waals surface area contributed by atoms with Gasteiger partial charge in [0.15, 0.2) is 5.65 Å². The Bertz CT molecular complexity index is 1100. The Hall–Kier alpha value is -2.72. The van der Waals surface area contributed by atoms with Gasteiger partial charge in [-0.3, -0.25) is 5.10 Å². The SMILES string of the molecule is CC(C)C[C@]1(O)CN(c2ccc(C(F)(F)F)c(-c3[nH]nc4ncccc34)n2)CC[C@H]1N.[HH].[HH].[HH].[HH]. The summed E-state index contributed by atoms with van der Waals surface area (Å²) >= 11 is 0. The number of rotatable bonds is 4. The monoisotopic (exact) mass is 442 g/mol. The van der Waals surface area contributed by atoms with Gasteiger partial charge in [0, 0.05) is 36.4 Å². The van der Waals surface area contributed by atoms with Crippen LogP contribution in [0.2, 0.25) is 0 Å². The fourth-order valence-corrected chi connectivity index (χ4v) is 4.28. The molecule has 1 aliphatic heterocycles. The van der Waals surface area contributed by atoms with Crippen LogP contribution in [-0.2, 0) is 6.18 Å². The summed E-state index contributed by atoms with van der Waals surface area (Å²) in [5.74, 6) is 0.569. The van der Waals surface area contributed by atoms with E-state index in [1.807, 2.05) is 13.8 Å². The number of piperidine rings is 1. The predicted octanol–water partition coefficient (Wildman–Crippen LogP) is 4.34. The third-order valence-corrected chi connectivity index (χ3v) is 5.70. The molecule has 0 spiro atoms. The molecule has 3 aromatic heterocycles. The van der Waals surface area contributed by atoms with Crippen LogP contribution in [0.15, 0.2) is 30.5 Å². The van der Waals surface area contributed by atoms with Gasteiger partial charge in [-0.15, -0.1) is 0 Å². The zero-order valence-corrected chi connectivity index (χ0v) is 17.3. The lowest BCUT2D eigenvalue weighted by molar-refractivity contribution is -0.137. The van der Waals surface area contributed by atoms with Crippen molar-refractivity contribution in [3.63, 3.8) is 0 Å². The number of aromatic nitrogens is 4. The number of nitrogens with two attached hydrogens (primary N) is 1.